The number of halogens is 2. The number of carbonyl (C=O) groups is 1. The lowest BCUT2D eigenvalue weighted by Crippen LogP contribution is -2.48. The number of nitrogens with zero attached hydrogens (tertiary/aromatic N) is 3. The van der Waals surface area contributed by atoms with Crippen LogP contribution >= 0.6 is 34.5 Å². The van der Waals surface area contributed by atoms with Crippen LogP contribution in [-0.4, -0.2) is 60.0 Å². The van der Waals surface area contributed by atoms with Crippen LogP contribution < -0.4 is 5.32 Å². The fraction of sp³-hybridized carbons (Fsp3) is 0.250. The van der Waals surface area contributed by atoms with E-state index in [1.165, 1.54) is 16.9 Å². The summed E-state index contributed by atoms with van der Waals surface area (Å²) < 4.78 is 0. The molecule has 3 aromatic rings. The Balaban J connectivity index is 1.22. The molecule has 0 radical (unpaired) electrons. The van der Waals surface area contributed by atoms with Gasteiger partial charge in [-0.3, -0.25) is 14.6 Å². The third-order valence-electron chi connectivity index (χ3n) is 5.26. The molecule has 1 aromatic heterocycles. The summed E-state index contributed by atoms with van der Waals surface area (Å²) in [5.74, 6) is -0.0504. The molecule has 1 amide bonds. The van der Waals surface area contributed by atoms with Crippen molar-refractivity contribution in [2.75, 3.05) is 44.6 Å². The second kappa shape index (κ2) is 11.1. The molecule has 1 fully saturated rings. The number of rotatable bonds is 7. The van der Waals surface area contributed by atoms with Gasteiger partial charge in [0.05, 0.1) is 17.3 Å². The molecule has 8 heteroatoms. The van der Waals surface area contributed by atoms with Crippen molar-refractivity contribution in [3.8, 4) is 11.3 Å². The zero-order chi connectivity index (χ0) is 22.3. The quantitative estimate of drug-likeness (QED) is 0.486. The van der Waals surface area contributed by atoms with Gasteiger partial charge in [-0.1, -0.05) is 65.7 Å². The Bertz CT molecular complexity index is 1080. The normalized spacial score (nSPS) is 15.3. The Hall–Kier alpha value is -2.22. The predicted octanol–water partition coefficient (Wildman–Crippen LogP) is 5.39. The van der Waals surface area contributed by atoms with E-state index < -0.39 is 0 Å². The maximum atomic E-state index is 12.5. The van der Waals surface area contributed by atoms with Crippen LogP contribution in [-0.2, 0) is 4.79 Å². The molecule has 2 aromatic carbocycles. The monoisotopic (exact) mass is 486 g/mol. The van der Waals surface area contributed by atoms with Crippen LogP contribution in [0.15, 0.2) is 60.0 Å². The highest BCUT2D eigenvalue weighted by Gasteiger charge is 2.19. The van der Waals surface area contributed by atoms with Crippen LogP contribution in [0.2, 0.25) is 10.0 Å². The first kappa shape index (κ1) is 23.0. The summed E-state index contributed by atoms with van der Waals surface area (Å²) in [6, 6.07) is 15.6. The second-order valence-corrected chi connectivity index (χ2v) is 9.30. The van der Waals surface area contributed by atoms with Gasteiger partial charge in [0, 0.05) is 48.7 Å². The van der Waals surface area contributed by atoms with Crippen molar-refractivity contribution in [1.82, 2.24) is 14.8 Å². The molecular formula is C24H24Cl2N4OS. The number of amides is 1. The summed E-state index contributed by atoms with van der Waals surface area (Å²) in [6.07, 6.45) is 4.35. The molecule has 1 aliphatic heterocycles. The van der Waals surface area contributed by atoms with Crippen LogP contribution in [0.25, 0.3) is 17.3 Å². The smallest absolute Gasteiger partial charge is 0.240 e. The number of benzene rings is 2. The molecule has 0 bridgehead atoms. The standard InChI is InChI=1S/C24H24Cl2N4OS/c25-19-8-9-20(21(26)15-19)22-17-32-24(27-22)28-23(31)16-30-13-11-29(12-14-30)10-4-7-18-5-2-1-3-6-18/h1-9,15,17H,10-14,16H2,(H,27,28,31)/b7-4+. The number of hydrogen-bond donors (Lipinski definition) is 1. The van der Waals surface area contributed by atoms with Crippen molar-refractivity contribution < 1.29 is 4.79 Å². The number of nitrogens with one attached hydrogen (secondary N) is 1. The van der Waals surface area contributed by atoms with Gasteiger partial charge in [0.2, 0.25) is 5.91 Å². The van der Waals surface area contributed by atoms with E-state index in [4.69, 9.17) is 23.2 Å². The highest BCUT2D eigenvalue weighted by molar-refractivity contribution is 7.14. The molecular weight excluding hydrogens is 463 g/mol. The highest BCUT2D eigenvalue weighted by Crippen LogP contribution is 2.32. The number of aromatic nitrogens is 1. The van der Waals surface area contributed by atoms with E-state index in [9.17, 15) is 4.79 Å². The first-order valence-electron chi connectivity index (χ1n) is 10.4. The number of piperazine rings is 1. The number of hydrogen-bond acceptors (Lipinski definition) is 5. The summed E-state index contributed by atoms with van der Waals surface area (Å²) in [5.41, 5.74) is 2.74. The molecule has 0 atom stereocenters. The Morgan fingerprint density at radius 3 is 2.56 bits per heavy atom. The first-order valence-corrected chi connectivity index (χ1v) is 12.1. The van der Waals surface area contributed by atoms with Crippen LogP contribution in [0, 0.1) is 0 Å². The van der Waals surface area contributed by atoms with Crippen molar-refractivity contribution in [3.05, 3.63) is 75.6 Å². The fourth-order valence-corrected chi connectivity index (χ4v) is 4.78. The van der Waals surface area contributed by atoms with Gasteiger partial charge in [-0.2, -0.15) is 0 Å². The van der Waals surface area contributed by atoms with Gasteiger partial charge in [0.25, 0.3) is 0 Å². The average Bonchev–Trinajstić information content (AvgIpc) is 3.23. The lowest BCUT2D eigenvalue weighted by Gasteiger charge is -2.33. The number of thiazole rings is 1. The van der Waals surface area contributed by atoms with E-state index in [1.807, 2.05) is 29.6 Å². The minimum atomic E-state index is -0.0504. The van der Waals surface area contributed by atoms with Gasteiger partial charge in [-0.15, -0.1) is 11.3 Å². The van der Waals surface area contributed by atoms with Gasteiger partial charge < -0.3 is 5.32 Å². The van der Waals surface area contributed by atoms with Gasteiger partial charge in [0.15, 0.2) is 5.13 Å². The maximum absolute atomic E-state index is 12.5. The molecule has 1 N–H and O–H groups in total. The predicted molar refractivity (Wildman–Crippen MR) is 135 cm³/mol. The summed E-state index contributed by atoms with van der Waals surface area (Å²) >= 11 is 13.6. The Morgan fingerprint density at radius 2 is 1.81 bits per heavy atom. The lowest BCUT2D eigenvalue weighted by atomic mass is 10.2. The summed E-state index contributed by atoms with van der Waals surface area (Å²) in [7, 11) is 0. The van der Waals surface area contributed by atoms with Crippen LogP contribution in [0.5, 0.6) is 0 Å². The van der Waals surface area contributed by atoms with Gasteiger partial charge in [-0.05, 0) is 23.8 Å². The summed E-state index contributed by atoms with van der Waals surface area (Å²) in [6.45, 7) is 4.92. The van der Waals surface area contributed by atoms with Crippen molar-refractivity contribution in [1.29, 1.82) is 0 Å². The third kappa shape index (κ3) is 6.40. The van der Waals surface area contributed by atoms with Crippen LogP contribution in [0.4, 0.5) is 5.13 Å². The minimum absolute atomic E-state index is 0.0504. The fourth-order valence-electron chi connectivity index (χ4n) is 3.55. The highest BCUT2D eigenvalue weighted by atomic mass is 35.5. The maximum Gasteiger partial charge on any atom is 0.240 e. The topological polar surface area (TPSA) is 48.5 Å². The molecule has 4 rings (SSSR count). The number of anilines is 1. The zero-order valence-electron chi connectivity index (χ0n) is 17.5. The largest absolute Gasteiger partial charge is 0.301 e. The number of carbonyl (C=O) groups excluding carboxylic acids is 1. The van der Waals surface area contributed by atoms with E-state index >= 15 is 0 Å². The SMILES string of the molecule is O=C(CN1CCN(C/C=C/c2ccccc2)CC1)Nc1nc(-c2ccc(Cl)cc2Cl)cs1. The molecule has 0 unspecified atom stereocenters. The van der Waals surface area contributed by atoms with Gasteiger partial charge >= 0.3 is 0 Å². The van der Waals surface area contributed by atoms with Crippen molar-refractivity contribution >= 4 is 51.7 Å². The van der Waals surface area contributed by atoms with Crippen LogP contribution in [0.3, 0.4) is 0 Å². The molecule has 32 heavy (non-hydrogen) atoms. The Kier molecular flexibility index (Phi) is 7.95. The second-order valence-electron chi connectivity index (χ2n) is 7.60. The molecule has 0 spiro atoms. The third-order valence-corrected chi connectivity index (χ3v) is 6.57. The average molecular weight is 487 g/mol. The van der Waals surface area contributed by atoms with Crippen molar-refractivity contribution in [2.45, 2.75) is 0 Å². The van der Waals surface area contributed by atoms with E-state index in [0.29, 0.717) is 21.7 Å². The van der Waals surface area contributed by atoms with E-state index in [-0.39, 0.29) is 5.91 Å². The lowest BCUT2D eigenvalue weighted by molar-refractivity contribution is -0.117. The van der Waals surface area contributed by atoms with Gasteiger partial charge in [-0.25, -0.2) is 4.98 Å². The molecule has 1 aliphatic rings. The summed E-state index contributed by atoms with van der Waals surface area (Å²) in [4.78, 5) is 21.6. The van der Waals surface area contributed by atoms with Gasteiger partial charge in [0.1, 0.15) is 0 Å². The van der Waals surface area contributed by atoms with Crippen molar-refractivity contribution in [3.63, 3.8) is 0 Å². The molecule has 0 aliphatic carbocycles. The van der Waals surface area contributed by atoms with E-state index in [1.54, 1.807) is 12.1 Å². The first-order chi connectivity index (χ1) is 15.6. The summed E-state index contributed by atoms with van der Waals surface area (Å²) in [5, 5.41) is 6.48. The molecule has 0 saturated carbocycles. The van der Waals surface area contributed by atoms with Crippen LogP contribution in [0.1, 0.15) is 5.56 Å². The van der Waals surface area contributed by atoms with E-state index in [2.05, 4.69) is 44.4 Å². The zero-order valence-corrected chi connectivity index (χ0v) is 19.8. The molecule has 1 saturated heterocycles. The van der Waals surface area contributed by atoms with Crippen molar-refractivity contribution in [2.24, 2.45) is 0 Å². The van der Waals surface area contributed by atoms with E-state index in [0.717, 1.165) is 44.0 Å². The minimum Gasteiger partial charge on any atom is -0.301 e. The molecule has 2 heterocycles. The molecule has 166 valence electrons. The molecule has 5 nitrogen and oxygen atoms in total. The Morgan fingerprint density at radius 1 is 1.06 bits per heavy atom. The Labute approximate surface area is 202 Å².